The molecule has 1 aliphatic heterocycles. The molecule has 3 nitrogen and oxygen atoms in total. The highest BCUT2D eigenvalue weighted by atomic mass is 16.3. The van der Waals surface area contributed by atoms with Crippen LogP contribution in [0.2, 0.25) is 0 Å². The Balaban J connectivity index is 1.89. The van der Waals surface area contributed by atoms with Crippen LogP contribution in [0.15, 0.2) is 30.3 Å². The molecule has 108 valence electrons. The molecule has 0 aromatic heterocycles. The van der Waals surface area contributed by atoms with Crippen LogP contribution in [0.1, 0.15) is 44.1 Å². The van der Waals surface area contributed by atoms with Crippen LogP contribution in [0.3, 0.4) is 0 Å². The molecule has 1 N–H and O–H groups in total. The zero-order chi connectivity index (χ0) is 14.0. The van der Waals surface area contributed by atoms with Gasteiger partial charge in [-0.25, -0.2) is 0 Å². The van der Waals surface area contributed by atoms with Gasteiger partial charge in [0, 0.05) is 31.5 Å². The molecular formula is C17H23NO2. The third kappa shape index (κ3) is 2.52. The lowest BCUT2D eigenvalue weighted by Crippen LogP contribution is -2.52. The number of ketones is 1. The van der Waals surface area contributed by atoms with E-state index >= 15 is 0 Å². The Hall–Kier alpha value is -1.19. The van der Waals surface area contributed by atoms with Gasteiger partial charge in [0.1, 0.15) is 5.78 Å². The number of likely N-dealkylation sites (tertiary alicyclic amines) is 1. The number of piperidine rings is 1. The molecule has 1 saturated heterocycles. The maximum atomic E-state index is 11.5. The van der Waals surface area contributed by atoms with Gasteiger partial charge in [0.15, 0.2) is 0 Å². The standard InChI is InChI=1S/C17H23NO2/c19-15-6-10-17(11-7-15,14-4-2-1-3-5-14)18-12-8-16(20)9-13-18/h1-5,15,19H,6-13H2. The number of benzene rings is 1. The molecule has 0 unspecified atom stereocenters. The van der Waals surface area contributed by atoms with E-state index in [9.17, 15) is 9.90 Å². The Morgan fingerprint density at radius 2 is 1.65 bits per heavy atom. The van der Waals surface area contributed by atoms with Crippen LogP contribution in [0.4, 0.5) is 0 Å². The largest absolute Gasteiger partial charge is 0.393 e. The van der Waals surface area contributed by atoms with Crippen molar-refractivity contribution in [3.63, 3.8) is 0 Å². The molecule has 0 amide bonds. The summed E-state index contributed by atoms with van der Waals surface area (Å²) >= 11 is 0. The average Bonchev–Trinajstić information content (AvgIpc) is 2.50. The summed E-state index contributed by atoms with van der Waals surface area (Å²) in [4.78, 5) is 14.0. The number of carbonyl (C=O) groups excluding carboxylic acids is 1. The first-order valence-electron chi connectivity index (χ1n) is 7.71. The molecule has 1 saturated carbocycles. The van der Waals surface area contributed by atoms with Crippen molar-refractivity contribution in [2.75, 3.05) is 13.1 Å². The Morgan fingerprint density at radius 3 is 2.25 bits per heavy atom. The molecule has 0 radical (unpaired) electrons. The summed E-state index contributed by atoms with van der Waals surface area (Å²) in [7, 11) is 0. The van der Waals surface area contributed by atoms with E-state index in [1.807, 2.05) is 0 Å². The quantitative estimate of drug-likeness (QED) is 0.900. The van der Waals surface area contributed by atoms with E-state index < -0.39 is 0 Å². The molecule has 2 aliphatic rings. The normalized spacial score (nSPS) is 32.2. The van der Waals surface area contributed by atoms with Crippen LogP contribution in [0.5, 0.6) is 0 Å². The highest BCUT2D eigenvalue weighted by Crippen LogP contribution is 2.43. The molecule has 1 aliphatic carbocycles. The van der Waals surface area contributed by atoms with E-state index in [1.165, 1.54) is 5.56 Å². The first-order valence-corrected chi connectivity index (χ1v) is 7.71. The summed E-state index contributed by atoms with van der Waals surface area (Å²) in [6.07, 6.45) is 4.91. The van der Waals surface area contributed by atoms with Crippen LogP contribution in [-0.2, 0) is 10.3 Å². The fourth-order valence-electron chi connectivity index (χ4n) is 3.80. The molecule has 1 aromatic rings. The first-order chi connectivity index (χ1) is 9.71. The minimum absolute atomic E-state index is 0.0290. The zero-order valence-corrected chi connectivity index (χ0v) is 11.9. The monoisotopic (exact) mass is 273 g/mol. The second-order valence-corrected chi connectivity index (χ2v) is 6.15. The number of Topliss-reactive ketones (excluding diaryl/α,β-unsaturated/α-hetero) is 1. The van der Waals surface area contributed by atoms with Crippen molar-refractivity contribution in [2.45, 2.75) is 50.2 Å². The lowest BCUT2D eigenvalue weighted by Gasteiger charge is -2.49. The molecule has 1 aromatic carbocycles. The highest BCUT2D eigenvalue weighted by Gasteiger charge is 2.42. The molecule has 3 heteroatoms. The number of rotatable bonds is 2. The van der Waals surface area contributed by atoms with Gasteiger partial charge in [0.05, 0.1) is 6.10 Å². The minimum Gasteiger partial charge on any atom is -0.393 e. The molecule has 0 atom stereocenters. The maximum absolute atomic E-state index is 11.5. The van der Waals surface area contributed by atoms with Crippen LogP contribution >= 0.6 is 0 Å². The van der Waals surface area contributed by atoms with Gasteiger partial charge in [-0.15, -0.1) is 0 Å². The van der Waals surface area contributed by atoms with Gasteiger partial charge >= 0.3 is 0 Å². The number of carbonyl (C=O) groups is 1. The lowest BCUT2D eigenvalue weighted by molar-refractivity contribution is -0.124. The Labute approximate surface area is 120 Å². The van der Waals surface area contributed by atoms with Crippen molar-refractivity contribution >= 4 is 5.78 Å². The van der Waals surface area contributed by atoms with Gasteiger partial charge in [-0.1, -0.05) is 30.3 Å². The first kappa shape index (κ1) is 13.8. The molecule has 20 heavy (non-hydrogen) atoms. The highest BCUT2D eigenvalue weighted by molar-refractivity contribution is 5.79. The van der Waals surface area contributed by atoms with Gasteiger partial charge < -0.3 is 5.11 Å². The zero-order valence-electron chi connectivity index (χ0n) is 11.9. The second-order valence-electron chi connectivity index (χ2n) is 6.15. The Bertz CT molecular complexity index is 453. The number of nitrogens with zero attached hydrogens (tertiary/aromatic N) is 1. The van der Waals surface area contributed by atoms with Crippen LogP contribution in [-0.4, -0.2) is 35.0 Å². The summed E-state index contributed by atoms with van der Waals surface area (Å²) in [6, 6.07) is 10.6. The fourth-order valence-corrected chi connectivity index (χ4v) is 3.80. The van der Waals surface area contributed by atoms with Crippen LogP contribution < -0.4 is 0 Å². The predicted molar refractivity (Wildman–Crippen MR) is 78.4 cm³/mol. The van der Waals surface area contributed by atoms with Gasteiger partial charge in [-0.3, -0.25) is 9.69 Å². The summed E-state index contributed by atoms with van der Waals surface area (Å²) in [5.74, 6) is 0.389. The van der Waals surface area contributed by atoms with Gasteiger partial charge in [-0.2, -0.15) is 0 Å². The van der Waals surface area contributed by atoms with E-state index in [0.29, 0.717) is 18.6 Å². The van der Waals surface area contributed by atoms with Crippen molar-refractivity contribution in [2.24, 2.45) is 0 Å². The van der Waals surface area contributed by atoms with Crippen molar-refractivity contribution in [1.82, 2.24) is 4.90 Å². The minimum atomic E-state index is -0.154. The molecule has 3 rings (SSSR count). The Kier molecular flexibility index (Phi) is 3.90. The summed E-state index contributed by atoms with van der Waals surface area (Å²) in [5, 5.41) is 9.86. The van der Waals surface area contributed by atoms with Crippen molar-refractivity contribution < 1.29 is 9.90 Å². The summed E-state index contributed by atoms with van der Waals surface area (Å²) < 4.78 is 0. The van der Waals surface area contributed by atoms with Gasteiger partial charge in [-0.05, 0) is 31.2 Å². The Morgan fingerprint density at radius 1 is 1.05 bits per heavy atom. The topological polar surface area (TPSA) is 40.5 Å². The second kappa shape index (κ2) is 5.66. The number of aliphatic hydroxyl groups excluding tert-OH is 1. The van der Waals surface area contributed by atoms with E-state index in [4.69, 9.17) is 0 Å². The third-order valence-electron chi connectivity index (χ3n) is 5.02. The van der Waals surface area contributed by atoms with E-state index in [1.54, 1.807) is 0 Å². The van der Waals surface area contributed by atoms with Crippen molar-refractivity contribution in [1.29, 1.82) is 0 Å². The van der Waals surface area contributed by atoms with Gasteiger partial charge in [0.25, 0.3) is 0 Å². The van der Waals surface area contributed by atoms with Crippen LogP contribution in [0, 0.1) is 0 Å². The average molecular weight is 273 g/mol. The van der Waals surface area contributed by atoms with Crippen LogP contribution in [0.25, 0.3) is 0 Å². The molecular weight excluding hydrogens is 250 g/mol. The molecule has 2 fully saturated rings. The van der Waals surface area contributed by atoms with Crippen molar-refractivity contribution in [3.05, 3.63) is 35.9 Å². The smallest absolute Gasteiger partial charge is 0.135 e. The van der Waals surface area contributed by atoms with E-state index in [0.717, 1.165) is 38.8 Å². The predicted octanol–water partition coefficient (Wildman–Crippen LogP) is 2.48. The SMILES string of the molecule is O=C1CCN(C2(c3ccccc3)CCC(O)CC2)CC1. The van der Waals surface area contributed by atoms with Crippen molar-refractivity contribution in [3.8, 4) is 0 Å². The third-order valence-corrected chi connectivity index (χ3v) is 5.02. The summed E-state index contributed by atoms with van der Waals surface area (Å²) in [6.45, 7) is 1.73. The summed E-state index contributed by atoms with van der Waals surface area (Å²) in [5.41, 5.74) is 1.38. The molecule has 0 spiro atoms. The van der Waals surface area contributed by atoms with Gasteiger partial charge in [0.2, 0.25) is 0 Å². The number of hydrogen-bond donors (Lipinski definition) is 1. The molecule has 0 bridgehead atoms. The van der Waals surface area contributed by atoms with E-state index in [2.05, 4.69) is 35.2 Å². The lowest BCUT2D eigenvalue weighted by atomic mass is 9.73. The fraction of sp³-hybridized carbons (Fsp3) is 0.588. The molecule has 1 heterocycles. The van der Waals surface area contributed by atoms with E-state index in [-0.39, 0.29) is 11.6 Å². The maximum Gasteiger partial charge on any atom is 0.135 e. The number of aliphatic hydroxyl groups is 1. The number of hydrogen-bond acceptors (Lipinski definition) is 3.